The molecular weight excluding hydrogens is 434 g/mol. The lowest BCUT2D eigenvalue weighted by Crippen LogP contribution is -2.01. The first kappa shape index (κ1) is 20.1. The maximum atomic E-state index is 6.42. The van der Waals surface area contributed by atoms with Crippen LogP contribution < -0.4 is 4.74 Å². The van der Waals surface area contributed by atoms with Gasteiger partial charge >= 0.3 is 0 Å². The molecule has 0 spiro atoms. The van der Waals surface area contributed by atoms with Crippen LogP contribution in [-0.2, 0) is 0 Å². The minimum absolute atomic E-state index is 0.0831. The van der Waals surface area contributed by atoms with E-state index >= 15 is 0 Å². The first-order valence-electron chi connectivity index (χ1n) is 9.99. The molecule has 0 N–H and O–H groups in total. The third-order valence-electron chi connectivity index (χ3n) is 5.09. The van der Waals surface area contributed by atoms with E-state index in [0.29, 0.717) is 27.7 Å². The number of hydrogen-bond acceptors (Lipinski definition) is 7. The van der Waals surface area contributed by atoms with Crippen LogP contribution in [0.1, 0.15) is 42.6 Å². The lowest BCUT2D eigenvalue weighted by Gasteiger charge is -2.13. The number of ether oxygens (including phenoxy) is 1. The zero-order chi connectivity index (χ0) is 21.4. The van der Waals surface area contributed by atoms with Crippen LogP contribution in [0.15, 0.2) is 58.2 Å². The highest BCUT2D eigenvalue weighted by Crippen LogP contribution is 2.41. The lowest BCUT2D eigenvalue weighted by molar-refractivity contribution is 0.374. The van der Waals surface area contributed by atoms with Gasteiger partial charge in [0.15, 0.2) is 16.8 Å². The average Bonchev–Trinajstić information content (AvgIpc) is 3.37. The fourth-order valence-electron chi connectivity index (χ4n) is 3.28. The second-order valence-corrected chi connectivity index (χ2v) is 9.07. The summed E-state index contributed by atoms with van der Waals surface area (Å²) < 4.78 is 12.8. The number of rotatable bonds is 7. The summed E-state index contributed by atoms with van der Waals surface area (Å²) in [6, 6.07) is 15.6. The van der Waals surface area contributed by atoms with Crippen LogP contribution >= 0.6 is 23.4 Å². The molecule has 7 nitrogen and oxygen atoms in total. The van der Waals surface area contributed by atoms with Crippen LogP contribution in [0.3, 0.4) is 0 Å². The standard InChI is InChI=1S/C22H20ClN5O2S/c1-13(21-24-19(27-30-21)14-8-9-14)31-22-26-25-20(15-6-4-3-5-7-15)28(22)16-10-11-18(29-2)17(23)12-16/h3-7,10-14H,8-9H2,1-2H3. The maximum Gasteiger partial charge on any atom is 0.239 e. The number of halogens is 1. The van der Waals surface area contributed by atoms with Crippen molar-refractivity contribution in [3.05, 3.63) is 65.3 Å². The van der Waals surface area contributed by atoms with Crippen LogP contribution in [0.5, 0.6) is 5.75 Å². The van der Waals surface area contributed by atoms with Crippen molar-refractivity contribution in [2.24, 2.45) is 0 Å². The number of benzene rings is 2. The molecule has 2 heterocycles. The molecule has 1 aliphatic carbocycles. The van der Waals surface area contributed by atoms with Gasteiger partial charge in [-0.25, -0.2) is 0 Å². The smallest absolute Gasteiger partial charge is 0.239 e. The summed E-state index contributed by atoms with van der Waals surface area (Å²) in [4.78, 5) is 4.58. The van der Waals surface area contributed by atoms with E-state index in [4.69, 9.17) is 20.9 Å². The Bertz CT molecular complexity index is 1210. The minimum Gasteiger partial charge on any atom is -0.495 e. The monoisotopic (exact) mass is 453 g/mol. The van der Waals surface area contributed by atoms with Crippen molar-refractivity contribution in [3.8, 4) is 22.8 Å². The molecule has 31 heavy (non-hydrogen) atoms. The van der Waals surface area contributed by atoms with E-state index in [-0.39, 0.29) is 5.25 Å². The quantitative estimate of drug-likeness (QED) is 0.331. The number of nitrogens with zero attached hydrogens (tertiary/aromatic N) is 5. The van der Waals surface area contributed by atoms with Crippen LogP contribution in [0.4, 0.5) is 0 Å². The van der Waals surface area contributed by atoms with Crippen molar-refractivity contribution in [2.45, 2.75) is 36.1 Å². The largest absolute Gasteiger partial charge is 0.495 e. The number of aromatic nitrogens is 5. The van der Waals surface area contributed by atoms with Crippen LogP contribution in [0.25, 0.3) is 17.1 Å². The van der Waals surface area contributed by atoms with Crippen molar-refractivity contribution in [1.29, 1.82) is 0 Å². The molecule has 0 aliphatic heterocycles. The van der Waals surface area contributed by atoms with Gasteiger partial charge in [-0.1, -0.05) is 58.9 Å². The highest BCUT2D eigenvalue weighted by atomic mass is 35.5. The van der Waals surface area contributed by atoms with Crippen LogP contribution in [0.2, 0.25) is 5.02 Å². The molecule has 0 bridgehead atoms. The van der Waals surface area contributed by atoms with Gasteiger partial charge in [-0.2, -0.15) is 4.98 Å². The molecule has 1 aliphatic rings. The maximum absolute atomic E-state index is 6.42. The number of thioether (sulfide) groups is 1. The fourth-order valence-corrected chi connectivity index (χ4v) is 4.43. The molecule has 1 saturated carbocycles. The molecule has 0 radical (unpaired) electrons. The van der Waals surface area contributed by atoms with E-state index in [1.165, 1.54) is 11.8 Å². The topological polar surface area (TPSA) is 78.9 Å². The summed E-state index contributed by atoms with van der Waals surface area (Å²) in [6.45, 7) is 2.02. The highest BCUT2D eigenvalue weighted by Gasteiger charge is 2.30. The van der Waals surface area contributed by atoms with Crippen molar-refractivity contribution in [3.63, 3.8) is 0 Å². The summed E-state index contributed by atoms with van der Waals surface area (Å²) >= 11 is 7.93. The summed E-state index contributed by atoms with van der Waals surface area (Å²) in [5.74, 6) is 3.18. The van der Waals surface area contributed by atoms with Gasteiger partial charge in [0.25, 0.3) is 0 Å². The van der Waals surface area contributed by atoms with Gasteiger partial charge in [0.1, 0.15) is 5.75 Å². The first-order chi connectivity index (χ1) is 15.1. The van der Waals surface area contributed by atoms with Gasteiger partial charge in [-0.3, -0.25) is 4.57 Å². The molecule has 158 valence electrons. The minimum atomic E-state index is -0.0831. The Balaban J connectivity index is 1.53. The fraction of sp³-hybridized carbons (Fsp3) is 0.273. The van der Waals surface area contributed by atoms with Gasteiger partial charge < -0.3 is 9.26 Å². The average molecular weight is 454 g/mol. The second kappa shape index (κ2) is 8.36. The van der Waals surface area contributed by atoms with Crippen LogP contribution in [-0.4, -0.2) is 32.0 Å². The number of hydrogen-bond donors (Lipinski definition) is 0. The van der Waals surface area contributed by atoms with E-state index in [9.17, 15) is 0 Å². The predicted octanol–water partition coefficient (Wildman–Crippen LogP) is 5.71. The first-order valence-corrected chi connectivity index (χ1v) is 11.2. The zero-order valence-corrected chi connectivity index (χ0v) is 18.6. The molecule has 1 fully saturated rings. The Morgan fingerprint density at radius 3 is 2.68 bits per heavy atom. The van der Waals surface area contributed by atoms with Crippen molar-refractivity contribution < 1.29 is 9.26 Å². The Morgan fingerprint density at radius 1 is 1.16 bits per heavy atom. The highest BCUT2D eigenvalue weighted by molar-refractivity contribution is 7.99. The van der Waals surface area contributed by atoms with Crippen molar-refractivity contribution in [1.82, 2.24) is 24.9 Å². The van der Waals surface area contributed by atoms with Crippen molar-refractivity contribution >= 4 is 23.4 Å². The molecule has 1 atom stereocenters. The van der Waals surface area contributed by atoms with Gasteiger partial charge in [-0.05, 0) is 38.0 Å². The third-order valence-corrected chi connectivity index (χ3v) is 6.41. The Labute approximate surface area is 188 Å². The molecule has 0 amide bonds. The third kappa shape index (κ3) is 4.05. The summed E-state index contributed by atoms with van der Waals surface area (Å²) in [6.07, 6.45) is 2.26. The normalized spacial score (nSPS) is 14.5. The molecule has 4 aromatic rings. The molecular formula is C22H20ClN5O2S. The lowest BCUT2D eigenvalue weighted by atomic mass is 10.2. The summed E-state index contributed by atoms with van der Waals surface area (Å²) in [5, 5.41) is 14.2. The van der Waals surface area contributed by atoms with Gasteiger partial charge in [0.05, 0.1) is 23.1 Å². The second-order valence-electron chi connectivity index (χ2n) is 7.35. The van der Waals surface area contributed by atoms with E-state index in [1.54, 1.807) is 7.11 Å². The molecule has 1 unspecified atom stereocenters. The SMILES string of the molecule is COc1ccc(-n2c(SC(C)c3nc(C4CC4)no3)nnc2-c2ccccc2)cc1Cl. The van der Waals surface area contributed by atoms with Crippen molar-refractivity contribution in [2.75, 3.05) is 7.11 Å². The molecule has 9 heteroatoms. The Hall–Kier alpha value is -2.84. The van der Waals surface area contributed by atoms with E-state index in [1.807, 2.05) is 60.0 Å². The van der Waals surface area contributed by atoms with E-state index in [0.717, 1.165) is 35.7 Å². The van der Waals surface area contributed by atoms with Crippen LogP contribution in [0, 0.1) is 0 Å². The molecule has 2 aromatic heterocycles. The van der Waals surface area contributed by atoms with Gasteiger partial charge in [0.2, 0.25) is 5.89 Å². The molecule has 5 rings (SSSR count). The van der Waals surface area contributed by atoms with Gasteiger partial charge in [-0.15, -0.1) is 10.2 Å². The summed E-state index contributed by atoms with van der Waals surface area (Å²) in [5.41, 5.74) is 1.80. The van der Waals surface area contributed by atoms with E-state index in [2.05, 4.69) is 20.3 Å². The zero-order valence-electron chi connectivity index (χ0n) is 17.0. The van der Waals surface area contributed by atoms with E-state index < -0.39 is 0 Å². The molecule has 0 saturated heterocycles. The Morgan fingerprint density at radius 2 is 1.97 bits per heavy atom. The predicted molar refractivity (Wildman–Crippen MR) is 119 cm³/mol. The summed E-state index contributed by atoms with van der Waals surface area (Å²) in [7, 11) is 1.60. The Kier molecular flexibility index (Phi) is 5.41. The van der Waals surface area contributed by atoms with Gasteiger partial charge in [0, 0.05) is 11.5 Å². The molecule has 2 aromatic carbocycles. The number of methoxy groups -OCH3 is 1.